The number of thiophene rings is 1. The van der Waals surface area contributed by atoms with Crippen LogP contribution in [-0.2, 0) is 0 Å². The fourth-order valence-corrected chi connectivity index (χ4v) is 8.77. The zero-order valence-corrected chi connectivity index (χ0v) is 31.2. The smallest absolute Gasteiger partial charge is 0.0640 e. The normalized spacial score (nSPS) is 11.1. The van der Waals surface area contributed by atoms with Crippen LogP contribution in [-0.4, -0.2) is 4.57 Å². The highest BCUT2D eigenvalue weighted by Crippen LogP contribution is 2.44. The SMILES string of the molecule is C=CC=C.c1ccc(-c2ccc(N(c3ccc(-c4ccccc4)cc3)c3ccc4sc5c(-n6c7ccccc7c7ccccc76)cccc5c4c3)cc2)cc1. The second kappa shape index (κ2) is 14.8. The van der Waals surface area contributed by atoms with Gasteiger partial charge in [0.25, 0.3) is 0 Å². The molecule has 0 saturated heterocycles. The summed E-state index contributed by atoms with van der Waals surface area (Å²) in [6, 6.07) is 70.3. The predicted octanol–water partition coefficient (Wildman–Crippen LogP) is 15.3. The topological polar surface area (TPSA) is 8.17 Å². The Morgan fingerprint density at radius 2 is 0.855 bits per heavy atom. The second-order valence-electron chi connectivity index (χ2n) is 13.4. The monoisotopic (exact) mass is 722 g/mol. The Morgan fingerprint density at radius 3 is 1.38 bits per heavy atom. The van der Waals surface area contributed by atoms with E-state index in [2.05, 4.69) is 217 Å². The second-order valence-corrected chi connectivity index (χ2v) is 14.5. The zero-order chi connectivity index (χ0) is 37.1. The number of hydrogen-bond donors (Lipinski definition) is 0. The first-order valence-corrected chi connectivity index (χ1v) is 19.3. The quantitative estimate of drug-likeness (QED) is 0.149. The molecule has 55 heavy (non-hydrogen) atoms. The van der Waals surface area contributed by atoms with Crippen LogP contribution in [0, 0.1) is 0 Å². The molecule has 10 aromatic rings. The third-order valence-electron chi connectivity index (χ3n) is 10.2. The maximum Gasteiger partial charge on any atom is 0.0640 e. The number of anilines is 3. The molecule has 10 rings (SSSR count). The lowest BCUT2D eigenvalue weighted by atomic mass is 10.0. The van der Waals surface area contributed by atoms with Crippen molar-refractivity contribution in [1.29, 1.82) is 0 Å². The van der Waals surface area contributed by atoms with Crippen molar-refractivity contribution < 1.29 is 0 Å². The van der Waals surface area contributed by atoms with Crippen LogP contribution in [0.15, 0.2) is 219 Å². The molecule has 0 atom stereocenters. The molecule has 0 fully saturated rings. The van der Waals surface area contributed by atoms with Gasteiger partial charge in [-0.1, -0.05) is 159 Å². The predicted molar refractivity (Wildman–Crippen MR) is 240 cm³/mol. The summed E-state index contributed by atoms with van der Waals surface area (Å²) in [5.74, 6) is 0. The van der Waals surface area contributed by atoms with Crippen LogP contribution in [0.4, 0.5) is 17.1 Å². The van der Waals surface area contributed by atoms with Crippen LogP contribution in [0.5, 0.6) is 0 Å². The number of benzene rings is 8. The molecule has 8 aromatic carbocycles. The van der Waals surface area contributed by atoms with Gasteiger partial charge in [0.2, 0.25) is 0 Å². The lowest BCUT2D eigenvalue weighted by Crippen LogP contribution is -2.09. The maximum atomic E-state index is 3.36. The Balaban J connectivity index is 0.000000949. The fraction of sp³-hybridized carbons (Fsp3) is 0. The van der Waals surface area contributed by atoms with Gasteiger partial charge >= 0.3 is 0 Å². The van der Waals surface area contributed by atoms with E-state index in [0.717, 1.165) is 17.1 Å². The van der Waals surface area contributed by atoms with Crippen molar-refractivity contribution in [2.24, 2.45) is 0 Å². The molecule has 0 radical (unpaired) electrons. The Kier molecular flexibility index (Phi) is 9.13. The van der Waals surface area contributed by atoms with E-state index in [1.54, 1.807) is 12.2 Å². The molecule has 2 heterocycles. The van der Waals surface area contributed by atoms with E-state index < -0.39 is 0 Å². The summed E-state index contributed by atoms with van der Waals surface area (Å²) in [4.78, 5) is 2.38. The fourth-order valence-electron chi connectivity index (χ4n) is 7.58. The van der Waals surface area contributed by atoms with Gasteiger partial charge in [-0.05, 0) is 82.9 Å². The molecule has 0 aliphatic carbocycles. The van der Waals surface area contributed by atoms with Gasteiger partial charge in [-0.25, -0.2) is 0 Å². The summed E-state index contributed by atoms with van der Waals surface area (Å²) in [5, 5.41) is 5.10. The summed E-state index contributed by atoms with van der Waals surface area (Å²) in [5.41, 5.74) is 11.9. The van der Waals surface area contributed by atoms with Gasteiger partial charge in [0.05, 0.1) is 21.4 Å². The molecule has 0 bridgehead atoms. The lowest BCUT2D eigenvalue weighted by Gasteiger charge is -2.26. The van der Waals surface area contributed by atoms with Crippen LogP contribution >= 0.6 is 11.3 Å². The van der Waals surface area contributed by atoms with Crippen LogP contribution in [0.3, 0.4) is 0 Å². The van der Waals surface area contributed by atoms with Gasteiger partial charge in [-0.3, -0.25) is 0 Å². The Labute approximate surface area is 325 Å². The summed E-state index contributed by atoms with van der Waals surface area (Å²) >= 11 is 1.88. The van der Waals surface area contributed by atoms with E-state index in [9.17, 15) is 0 Å². The lowest BCUT2D eigenvalue weighted by molar-refractivity contribution is 1.20. The van der Waals surface area contributed by atoms with Gasteiger partial charge in [0.1, 0.15) is 0 Å². The Bertz CT molecular complexity index is 2790. The van der Waals surface area contributed by atoms with Crippen molar-refractivity contribution in [2.75, 3.05) is 4.90 Å². The molecule has 0 saturated carbocycles. The molecule has 0 spiro atoms. The van der Waals surface area contributed by atoms with Crippen molar-refractivity contribution >= 4 is 70.4 Å². The molecular weight excluding hydrogens is 685 g/mol. The number of rotatable bonds is 7. The highest BCUT2D eigenvalue weighted by molar-refractivity contribution is 7.26. The van der Waals surface area contributed by atoms with Gasteiger partial charge in [-0.2, -0.15) is 0 Å². The Hall–Kier alpha value is -6.94. The number of nitrogens with zero attached hydrogens (tertiary/aromatic N) is 2. The van der Waals surface area contributed by atoms with Crippen LogP contribution in [0.1, 0.15) is 0 Å². The number of allylic oxidation sites excluding steroid dienone is 2. The maximum absolute atomic E-state index is 3.36. The van der Waals surface area contributed by atoms with Crippen molar-refractivity contribution in [1.82, 2.24) is 4.57 Å². The number of aromatic nitrogens is 1. The molecule has 0 unspecified atom stereocenters. The summed E-state index contributed by atoms with van der Waals surface area (Å²) in [6.45, 7) is 6.72. The van der Waals surface area contributed by atoms with Crippen LogP contribution in [0.2, 0.25) is 0 Å². The van der Waals surface area contributed by atoms with Crippen molar-refractivity contribution in [3.05, 3.63) is 219 Å². The largest absolute Gasteiger partial charge is 0.310 e. The molecule has 0 aliphatic rings. The first kappa shape index (κ1) is 33.9. The van der Waals surface area contributed by atoms with Gasteiger partial charge in [0, 0.05) is 43.3 Å². The standard InChI is InChI=1S/C48H32N2S.C4H6/c1-3-12-33(13-4-1)35-22-26-37(27-23-35)49(38-28-24-36(25-29-38)34-14-5-2-6-15-34)39-30-31-47-43(32-39)42-18-11-21-46(48(42)51-47)50-44-19-9-7-16-40(44)41-17-8-10-20-45(41)50;1-3-4-2/h1-32H;3-4H,1-2H2. The van der Waals surface area contributed by atoms with E-state index in [1.807, 2.05) is 11.3 Å². The summed E-state index contributed by atoms with van der Waals surface area (Å²) in [6.07, 6.45) is 3.28. The van der Waals surface area contributed by atoms with Crippen LogP contribution in [0.25, 0.3) is 69.9 Å². The summed E-state index contributed by atoms with van der Waals surface area (Å²) < 4.78 is 5.01. The van der Waals surface area contributed by atoms with Crippen molar-refractivity contribution in [3.8, 4) is 27.9 Å². The van der Waals surface area contributed by atoms with Gasteiger partial charge in [-0.15, -0.1) is 11.3 Å². The minimum atomic E-state index is 1.12. The van der Waals surface area contributed by atoms with Crippen molar-refractivity contribution in [3.63, 3.8) is 0 Å². The van der Waals surface area contributed by atoms with E-state index in [4.69, 9.17) is 0 Å². The average Bonchev–Trinajstić information content (AvgIpc) is 3.81. The van der Waals surface area contributed by atoms with Gasteiger partial charge in [0.15, 0.2) is 0 Å². The molecular formula is C52H38N2S. The number of para-hydroxylation sites is 2. The van der Waals surface area contributed by atoms with E-state index in [-0.39, 0.29) is 0 Å². The number of hydrogen-bond acceptors (Lipinski definition) is 2. The first-order chi connectivity index (χ1) is 27.2. The average molecular weight is 723 g/mol. The van der Waals surface area contributed by atoms with Crippen molar-refractivity contribution in [2.45, 2.75) is 0 Å². The Morgan fingerprint density at radius 1 is 0.400 bits per heavy atom. The van der Waals surface area contributed by atoms with Crippen LogP contribution < -0.4 is 4.90 Å². The van der Waals surface area contributed by atoms with E-state index in [0.29, 0.717) is 0 Å². The zero-order valence-electron chi connectivity index (χ0n) is 30.3. The minimum absolute atomic E-state index is 1.12. The summed E-state index contributed by atoms with van der Waals surface area (Å²) in [7, 11) is 0. The third-order valence-corrected chi connectivity index (χ3v) is 11.4. The molecule has 2 nitrogen and oxygen atoms in total. The molecule has 3 heteroatoms. The van der Waals surface area contributed by atoms with Gasteiger partial charge < -0.3 is 9.47 Å². The molecule has 0 aliphatic heterocycles. The number of fused-ring (bicyclic) bond motifs is 6. The molecule has 262 valence electrons. The van der Waals surface area contributed by atoms with E-state index in [1.165, 1.54) is 69.9 Å². The first-order valence-electron chi connectivity index (χ1n) is 18.5. The van der Waals surface area contributed by atoms with E-state index >= 15 is 0 Å². The highest BCUT2D eigenvalue weighted by Gasteiger charge is 2.19. The third kappa shape index (κ3) is 6.31. The minimum Gasteiger partial charge on any atom is -0.310 e. The molecule has 0 amide bonds. The molecule has 0 N–H and O–H groups in total. The highest BCUT2D eigenvalue weighted by atomic mass is 32.1. The molecule has 2 aromatic heterocycles.